The Balaban J connectivity index is 1.86. The number of aromatic nitrogens is 5. The van der Waals surface area contributed by atoms with E-state index < -0.39 is 0 Å². The summed E-state index contributed by atoms with van der Waals surface area (Å²) in [6.07, 6.45) is 0. The van der Waals surface area contributed by atoms with E-state index in [1.807, 2.05) is 6.92 Å². The number of rotatable bonds is 2. The van der Waals surface area contributed by atoms with E-state index in [-0.39, 0.29) is 0 Å². The number of thiazole rings is 1. The summed E-state index contributed by atoms with van der Waals surface area (Å²) in [5.41, 5.74) is 3.37. The molecule has 18 heavy (non-hydrogen) atoms. The van der Waals surface area contributed by atoms with Crippen LogP contribution in [0.3, 0.4) is 0 Å². The minimum atomic E-state index is 0.657. The quantitative estimate of drug-likeness (QED) is 0.596. The monoisotopic (exact) mass is 255 g/mol. The van der Waals surface area contributed by atoms with Gasteiger partial charge in [-0.25, -0.2) is 4.98 Å². The lowest BCUT2D eigenvalue weighted by atomic mass is 9.92. The molecule has 0 saturated heterocycles. The van der Waals surface area contributed by atoms with Gasteiger partial charge in [0.1, 0.15) is 5.01 Å². The van der Waals surface area contributed by atoms with Crippen LogP contribution in [0.2, 0.25) is 0 Å². The number of tetrazole rings is 1. The zero-order valence-corrected chi connectivity index (χ0v) is 10.7. The van der Waals surface area contributed by atoms with Crippen molar-refractivity contribution in [3.63, 3.8) is 0 Å². The van der Waals surface area contributed by atoms with Gasteiger partial charge in [0.15, 0.2) is 0 Å². The zero-order chi connectivity index (χ0) is 12.3. The molecule has 2 aromatic heterocycles. The molecule has 0 atom stereocenters. The molecule has 6 heteroatoms. The Morgan fingerprint density at radius 1 is 1.17 bits per heavy atom. The van der Waals surface area contributed by atoms with E-state index in [4.69, 9.17) is 0 Å². The molecule has 0 spiro atoms. The van der Waals surface area contributed by atoms with Gasteiger partial charge < -0.3 is 0 Å². The lowest BCUT2D eigenvalue weighted by molar-refractivity contribution is 0.881. The highest BCUT2D eigenvalue weighted by Crippen LogP contribution is 2.37. The van der Waals surface area contributed by atoms with E-state index in [9.17, 15) is 0 Å². The van der Waals surface area contributed by atoms with Crippen LogP contribution in [0.5, 0.6) is 0 Å². The summed E-state index contributed by atoms with van der Waals surface area (Å²) < 4.78 is 0. The van der Waals surface area contributed by atoms with E-state index in [0.29, 0.717) is 5.82 Å². The first-order valence-electron chi connectivity index (χ1n) is 5.60. The molecular formula is C12H9N5S. The average molecular weight is 255 g/mol. The molecule has 5 nitrogen and oxygen atoms in total. The van der Waals surface area contributed by atoms with E-state index in [0.717, 1.165) is 16.3 Å². The minimum absolute atomic E-state index is 0.657. The first kappa shape index (κ1) is 9.90. The second kappa shape index (κ2) is 3.23. The van der Waals surface area contributed by atoms with Crippen LogP contribution in [0.1, 0.15) is 10.6 Å². The fraction of sp³-hybridized carbons (Fsp3) is 0.167. The Morgan fingerprint density at radius 3 is 2.61 bits per heavy atom. The van der Waals surface area contributed by atoms with Crippen molar-refractivity contribution in [1.29, 1.82) is 0 Å². The summed E-state index contributed by atoms with van der Waals surface area (Å²) in [7, 11) is 0. The second-order valence-electron chi connectivity index (χ2n) is 4.34. The van der Waals surface area contributed by atoms with Crippen LogP contribution in [0.15, 0.2) is 12.1 Å². The molecule has 2 aliphatic rings. The number of aryl methyl sites for hydroxylation is 2. The largest absolute Gasteiger partial charge is 0.241 e. The molecule has 1 N–H and O–H groups in total. The average Bonchev–Trinajstić information content (AvgIpc) is 2.93. The highest BCUT2D eigenvalue weighted by molar-refractivity contribution is 7.15. The van der Waals surface area contributed by atoms with Crippen LogP contribution in [0, 0.1) is 24.3 Å². The van der Waals surface area contributed by atoms with Gasteiger partial charge in [-0.2, -0.15) is 5.21 Å². The third kappa shape index (κ3) is 1.15. The van der Waals surface area contributed by atoms with Crippen LogP contribution in [0.4, 0.5) is 0 Å². The Labute approximate surface area is 106 Å². The molecule has 0 bridgehead atoms. The molecule has 0 unspecified atom stereocenters. The molecule has 2 heterocycles. The molecule has 2 aromatic rings. The number of hydrogen-bond acceptors (Lipinski definition) is 5. The summed E-state index contributed by atoms with van der Waals surface area (Å²) in [5, 5.41) is 17.7. The smallest absolute Gasteiger partial charge is 0.205 e. The zero-order valence-electron chi connectivity index (χ0n) is 9.85. The van der Waals surface area contributed by atoms with Gasteiger partial charge >= 0.3 is 0 Å². The van der Waals surface area contributed by atoms with Crippen molar-refractivity contribution >= 4 is 11.3 Å². The first-order valence-corrected chi connectivity index (χ1v) is 6.42. The van der Waals surface area contributed by atoms with Crippen molar-refractivity contribution in [3.8, 4) is 22.0 Å². The molecule has 0 fully saturated rings. The normalized spacial score (nSPS) is 11.9. The molecule has 0 amide bonds. The second-order valence-corrected chi connectivity index (χ2v) is 5.55. The number of hydrogen-bond donors (Lipinski definition) is 1. The van der Waals surface area contributed by atoms with Gasteiger partial charge in [-0.15, -0.1) is 21.5 Å². The van der Waals surface area contributed by atoms with Gasteiger partial charge in [-0.1, -0.05) is 0 Å². The van der Waals surface area contributed by atoms with E-state index in [2.05, 4.69) is 44.7 Å². The van der Waals surface area contributed by atoms with Crippen LogP contribution < -0.4 is 0 Å². The van der Waals surface area contributed by atoms with Crippen LogP contribution in [-0.4, -0.2) is 25.6 Å². The number of benzene rings is 1. The van der Waals surface area contributed by atoms with Crippen LogP contribution >= 0.6 is 11.3 Å². The molecule has 0 saturated carbocycles. The molecule has 4 rings (SSSR count). The fourth-order valence-electron chi connectivity index (χ4n) is 2.15. The molecule has 0 radical (unpaired) electrons. The standard InChI is InChI=1S/C12H9N5S/c1-5-6(2)18-12(13-5)9-4-7-3-8(10(7)9)11-14-16-17-15-11/h3-4H,1-2H3,(H,14,15,16,17). The van der Waals surface area contributed by atoms with Crippen molar-refractivity contribution in [3.05, 3.63) is 33.1 Å². The van der Waals surface area contributed by atoms with Gasteiger partial charge in [0.05, 0.1) is 5.69 Å². The summed E-state index contributed by atoms with van der Waals surface area (Å²) in [5.74, 6) is 0.657. The lowest BCUT2D eigenvalue weighted by Gasteiger charge is -2.13. The number of nitrogens with one attached hydrogen (secondary N) is 1. The number of H-pyrrole nitrogens is 1. The summed E-state index contributed by atoms with van der Waals surface area (Å²) in [4.78, 5) is 5.86. The molecule has 2 aliphatic carbocycles. The van der Waals surface area contributed by atoms with E-state index in [1.165, 1.54) is 20.9 Å². The first-order chi connectivity index (χ1) is 8.74. The van der Waals surface area contributed by atoms with Gasteiger partial charge in [0, 0.05) is 21.2 Å². The van der Waals surface area contributed by atoms with Crippen LogP contribution in [0.25, 0.3) is 22.0 Å². The van der Waals surface area contributed by atoms with Gasteiger partial charge in [0.2, 0.25) is 5.82 Å². The molecule has 0 aliphatic heterocycles. The third-order valence-corrected chi connectivity index (χ3v) is 4.38. The lowest BCUT2D eigenvalue weighted by Crippen LogP contribution is -1.99. The Kier molecular flexibility index (Phi) is 1.78. The summed E-state index contributed by atoms with van der Waals surface area (Å²) >= 11 is 1.73. The van der Waals surface area contributed by atoms with Crippen molar-refractivity contribution in [2.24, 2.45) is 0 Å². The maximum absolute atomic E-state index is 4.59. The maximum atomic E-state index is 4.59. The van der Waals surface area contributed by atoms with Gasteiger partial charge in [-0.3, -0.25) is 0 Å². The highest BCUT2D eigenvalue weighted by Gasteiger charge is 2.20. The predicted octanol–water partition coefficient (Wildman–Crippen LogP) is 2.21. The van der Waals surface area contributed by atoms with Crippen molar-refractivity contribution in [1.82, 2.24) is 25.6 Å². The molecular weight excluding hydrogens is 246 g/mol. The minimum Gasteiger partial charge on any atom is -0.241 e. The van der Waals surface area contributed by atoms with Gasteiger partial charge in [0.25, 0.3) is 0 Å². The Bertz CT molecular complexity index is 828. The summed E-state index contributed by atoms with van der Waals surface area (Å²) in [6.45, 7) is 4.14. The topological polar surface area (TPSA) is 67.3 Å². The van der Waals surface area contributed by atoms with E-state index >= 15 is 0 Å². The van der Waals surface area contributed by atoms with Crippen molar-refractivity contribution in [2.45, 2.75) is 13.8 Å². The Hall–Kier alpha value is -2.08. The van der Waals surface area contributed by atoms with E-state index in [1.54, 1.807) is 11.3 Å². The fourth-order valence-corrected chi connectivity index (χ4v) is 3.09. The number of aromatic amines is 1. The van der Waals surface area contributed by atoms with Gasteiger partial charge in [-0.05, 0) is 36.4 Å². The predicted molar refractivity (Wildman–Crippen MR) is 67.9 cm³/mol. The van der Waals surface area contributed by atoms with Crippen molar-refractivity contribution < 1.29 is 0 Å². The Morgan fingerprint density at radius 2 is 2.00 bits per heavy atom. The maximum Gasteiger partial charge on any atom is 0.205 e. The van der Waals surface area contributed by atoms with Crippen molar-refractivity contribution in [2.75, 3.05) is 0 Å². The molecule has 0 aromatic carbocycles. The highest BCUT2D eigenvalue weighted by atomic mass is 32.1. The molecule has 88 valence electrons. The SMILES string of the molecule is Cc1nc(-c2cc3cc(-c4nn[nH]n4)c2=3)sc1C. The van der Waals surface area contributed by atoms with Crippen LogP contribution in [-0.2, 0) is 0 Å². The number of nitrogens with zero attached hydrogens (tertiary/aromatic N) is 4. The summed E-state index contributed by atoms with van der Waals surface area (Å²) in [6, 6.07) is 4.24. The third-order valence-electron chi connectivity index (χ3n) is 3.27.